The van der Waals surface area contributed by atoms with Gasteiger partial charge in [0.25, 0.3) is 10.2 Å². The van der Waals surface area contributed by atoms with Crippen molar-refractivity contribution < 1.29 is 22.0 Å². The molecular formula is C24H26FN5O4S2. The average molecular weight is 532 g/mol. The highest BCUT2D eigenvalue weighted by molar-refractivity contribution is 7.98. The molecule has 1 fully saturated rings. The number of carbonyl (C=O) groups is 1. The Morgan fingerprint density at radius 2 is 2.03 bits per heavy atom. The maximum atomic E-state index is 13.3. The standard InChI is InChI=1S/C24H26FN5O4S2/c1-16-19(6-4-12-29(16)36(32,33)28(2)3)22-20(14-26)24(35-15-17-8-10-18(25)11-9-17)30(27-22)23(31)21-7-5-13-34-21/h5,7-11,13,16,19H,4,6,12,15H2,1-3H3. The van der Waals surface area contributed by atoms with E-state index in [1.807, 2.05) is 0 Å². The van der Waals surface area contributed by atoms with Gasteiger partial charge in [-0.15, -0.1) is 11.8 Å². The molecule has 0 aliphatic carbocycles. The summed E-state index contributed by atoms with van der Waals surface area (Å²) in [4.78, 5) is 13.3. The Kier molecular flexibility index (Phi) is 7.65. The van der Waals surface area contributed by atoms with Gasteiger partial charge in [0.15, 0.2) is 5.76 Å². The molecule has 1 aromatic carbocycles. The molecule has 0 N–H and O–H groups in total. The number of nitriles is 1. The molecule has 0 spiro atoms. The zero-order valence-electron chi connectivity index (χ0n) is 20.1. The molecule has 1 aliphatic heterocycles. The van der Waals surface area contributed by atoms with Crippen LogP contribution in [-0.4, -0.2) is 59.4 Å². The van der Waals surface area contributed by atoms with E-state index >= 15 is 0 Å². The number of halogens is 1. The van der Waals surface area contributed by atoms with Crippen molar-refractivity contribution in [2.45, 2.75) is 42.5 Å². The van der Waals surface area contributed by atoms with Crippen LogP contribution in [0.3, 0.4) is 0 Å². The van der Waals surface area contributed by atoms with E-state index in [9.17, 15) is 22.9 Å². The van der Waals surface area contributed by atoms with E-state index in [-0.39, 0.29) is 23.1 Å². The topological polar surface area (TPSA) is 112 Å². The summed E-state index contributed by atoms with van der Waals surface area (Å²) in [5, 5.41) is 15.0. The Morgan fingerprint density at radius 3 is 2.64 bits per heavy atom. The number of rotatable bonds is 7. The number of piperidine rings is 1. The zero-order valence-corrected chi connectivity index (χ0v) is 21.7. The summed E-state index contributed by atoms with van der Waals surface area (Å²) in [6.07, 6.45) is 2.58. The first-order chi connectivity index (χ1) is 17.1. The van der Waals surface area contributed by atoms with Crippen LogP contribution in [0.5, 0.6) is 0 Å². The monoisotopic (exact) mass is 531 g/mol. The maximum Gasteiger partial charge on any atom is 0.314 e. The molecule has 9 nitrogen and oxygen atoms in total. The van der Waals surface area contributed by atoms with E-state index in [1.54, 1.807) is 25.1 Å². The second-order valence-corrected chi connectivity index (χ2v) is 11.7. The van der Waals surface area contributed by atoms with Crippen molar-refractivity contribution in [1.29, 1.82) is 5.26 Å². The number of thioether (sulfide) groups is 1. The molecule has 4 rings (SSSR count). The van der Waals surface area contributed by atoms with Gasteiger partial charge < -0.3 is 4.42 Å². The first kappa shape index (κ1) is 26.1. The van der Waals surface area contributed by atoms with Crippen LogP contribution in [-0.2, 0) is 16.0 Å². The zero-order chi connectivity index (χ0) is 26.0. The predicted molar refractivity (Wildman–Crippen MR) is 132 cm³/mol. The highest BCUT2D eigenvalue weighted by atomic mass is 32.2. The molecule has 0 bridgehead atoms. The van der Waals surface area contributed by atoms with Crippen molar-refractivity contribution in [3.8, 4) is 6.07 Å². The first-order valence-corrected chi connectivity index (χ1v) is 13.7. The van der Waals surface area contributed by atoms with Crippen molar-refractivity contribution in [2.24, 2.45) is 0 Å². The molecule has 0 radical (unpaired) electrons. The van der Waals surface area contributed by atoms with Crippen LogP contribution in [0.25, 0.3) is 0 Å². The van der Waals surface area contributed by atoms with Crippen LogP contribution in [0.2, 0.25) is 0 Å². The molecule has 1 aliphatic rings. The molecule has 2 aromatic heterocycles. The molecule has 0 amide bonds. The third-order valence-electron chi connectivity index (χ3n) is 6.23. The number of furan rings is 1. The van der Waals surface area contributed by atoms with Gasteiger partial charge in [-0.2, -0.15) is 32.1 Å². The average Bonchev–Trinajstić information content (AvgIpc) is 3.51. The van der Waals surface area contributed by atoms with Crippen LogP contribution in [0, 0.1) is 17.1 Å². The Balaban J connectivity index is 1.76. The summed E-state index contributed by atoms with van der Waals surface area (Å²) >= 11 is 1.23. The normalized spacial score (nSPS) is 18.9. The number of hydrogen-bond acceptors (Lipinski definition) is 7. The Morgan fingerprint density at radius 1 is 1.31 bits per heavy atom. The van der Waals surface area contributed by atoms with Gasteiger partial charge in [-0.25, -0.2) is 4.39 Å². The van der Waals surface area contributed by atoms with Gasteiger partial charge >= 0.3 is 5.91 Å². The van der Waals surface area contributed by atoms with Crippen LogP contribution in [0.15, 0.2) is 52.1 Å². The lowest BCUT2D eigenvalue weighted by molar-refractivity contribution is 0.0905. The fourth-order valence-corrected chi connectivity index (χ4v) is 6.69. The lowest BCUT2D eigenvalue weighted by Gasteiger charge is -2.38. The van der Waals surface area contributed by atoms with Gasteiger partial charge in [0, 0.05) is 38.4 Å². The van der Waals surface area contributed by atoms with Crippen molar-refractivity contribution in [2.75, 3.05) is 20.6 Å². The summed E-state index contributed by atoms with van der Waals surface area (Å²) < 4.78 is 48.2. The van der Waals surface area contributed by atoms with Gasteiger partial charge in [-0.05, 0) is 49.6 Å². The largest absolute Gasteiger partial charge is 0.459 e. The van der Waals surface area contributed by atoms with E-state index in [2.05, 4.69) is 11.2 Å². The molecule has 1 saturated heterocycles. The number of benzene rings is 1. The number of nitrogens with zero attached hydrogens (tertiary/aromatic N) is 5. The Bertz CT molecular complexity index is 1380. The minimum absolute atomic E-state index is 0.0608. The van der Waals surface area contributed by atoms with E-state index in [0.717, 1.165) is 10.2 Å². The van der Waals surface area contributed by atoms with E-state index in [0.29, 0.717) is 35.9 Å². The molecule has 3 aromatic rings. The molecule has 12 heteroatoms. The molecule has 0 saturated carbocycles. The minimum atomic E-state index is -3.68. The SMILES string of the molecule is CC1C(c2nn(C(=O)c3ccco3)c(SCc3ccc(F)cc3)c2C#N)CCCN1S(=O)(=O)N(C)C. The highest BCUT2D eigenvalue weighted by Gasteiger charge is 2.40. The molecule has 3 heterocycles. The van der Waals surface area contributed by atoms with Crippen molar-refractivity contribution in [3.05, 3.63) is 71.1 Å². The van der Waals surface area contributed by atoms with Gasteiger partial charge in [0.05, 0.1) is 12.0 Å². The lowest BCUT2D eigenvalue weighted by Crippen LogP contribution is -2.50. The van der Waals surface area contributed by atoms with Crippen molar-refractivity contribution in [3.63, 3.8) is 0 Å². The highest BCUT2D eigenvalue weighted by Crippen LogP contribution is 2.39. The predicted octanol–water partition coefficient (Wildman–Crippen LogP) is 3.84. The van der Waals surface area contributed by atoms with E-state index in [4.69, 9.17) is 4.42 Å². The third-order valence-corrected chi connectivity index (χ3v) is 9.39. The fraction of sp³-hybridized carbons (Fsp3) is 0.375. The summed E-state index contributed by atoms with van der Waals surface area (Å²) in [7, 11) is -0.724. The first-order valence-electron chi connectivity index (χ1n) is 11.3. The molecule has 36 heavy (non-hydrogen) atoms. The van der Waals surface area contributed by atoms with Gasteiger partial charge in [-0.3, -0.25) is 4.79 Å². The minimum Gasteiger partial charge on any atom is -0.459 e. The van der Waals surface area contributed by atoms with Gasteiger partial charge in [-0.1, -0.05) is 12.1 Å². The van der Waals surface area contributed by atoms with E-state index in [1.165, 1.54) is 58.9 Å². The Labute approximate surface area is 213 Å². The van der Waals surface area contributed by atoms with Crippen LogP contribution >= 0.6 is 11.8 Å². The van der Waals surface area contributed by atoms with Crippen molar-refractivity contribution in [1.82, 2.24) is 18.4 Å². The maximum absolute atomic E-state index is 13.3. The number of carbonyl (C=O) groups excluding carboxylic acids is 1. The van der Waals surface area contributed by atoms with Gasteiger partial charge in [0.1, 0.15) is 22.5 Å². The molecule has 190 valence electrons. The molecule has 2 atom stereocenters. The number of aromatic nitrogens is 2. The van der Waals surface area contributed by atoms with Crippen molar-refractivity contribution >= 4 is 27.9 Å². The summed E-state index contributed by atoms with van der Waals surface area (Å²) in [6, 6.07) is 10.8. The molecular weight excluding hydrogens is 505 g/mol. The summed E-state index contributed by atoms with van der Waals surface area (Å²) in [6.45, 7) is 2.16. The van der Waals surface area contributed by atoms with Crippen LogP contribution in [0.4, 0.5) is 4.39 Å². The Hall–Kier alpha value is -2.98. The summed E-state index contributed by atoms with van der Waals surface area (Å²) in [5.41, 5.74) is 1.41. The fourth-order valence-electron chi connectivity index (χ4n) is 4.30. The van der Waals surface area contributed by atoms with E-state index < -0.39 is 22.2 Å². The number of hydrogen-bond donors (Lipinski definition) is 0. The third kappa shape index (κ3) is 4.97. The lowest BCUT2D eigenvalue weighted by atomic mass is 9.87. The van der Waals surface area contributed by atoms with Crippen LogP contribution < -0.4 is 0 Å². The second kappa shape index (κ2) is 10.6. The molecule has 2 unspecified atom stereocenters. The van der Waals surface area contributed by atoms with Crippen LogP contribution in [0.1, 0.15) is 53.1 Å². The second-order valence-electron chi connectivity index (χ2n) is 8.68. The quantitative estimate of drug-likeness (QED) is 0.426. The van der Waals surface area contributed by atoms with Gasteiger partial charge in [0.2, 0.25) is 0 Å². The summed E-state index contributed by atoms with van der Waals surface area (Å²) in [5.74, 6) is -0.854. The smallest absolute Gasteiger partial charge is 0.314 e.